The molecule has 3 aromatic rings. The van der Waals surface area contributed by atoms with E-state index >= 15 is 0 Å². The van der Waals surface area contributed by atoms with Crippen LogP contribution in [0, 0.1) is 17.2 Å². The topological polar surface area (TPSA) is 63.8 Å². The minimum atomic E-state index is -0.332. The highest BCUT2D eigenvalue weighted by atomic mass is 16.5. The average molecular weight is 400 g/mol. The van der Waals surface area contributed by atoms with Crippen molar-refractivity contribution in [3.8, 4) is 23.3 Å². The summed E-state index contributed by atoms with van der Waals surface area (Å²) >= 11 is 0. The van der Waals surface area contributed by atoms with Crippen molar-refractivity contribution in [1.29, 1.82) is 5.26 Å². The first-order chi connectivity index (χ1) is 14.7. The SMILES string of the molecule is COc1ccc(COc2ccc(CC(C#N)C=Nc3ccccc3)cc2OC)cc1. The molecule has 0 bridgehead atoms. The van der Waals surface area contributed by atoms with Gasteiger partial charge in [0.05, 0.1) is 31.9 Å². The van der Waals surface area contributed by atoms with Crippen molar-refractivity contribution in [3.63, 3.8) is 0 Å². The van der Waals surface area contributed by atoms with Crippen LogP contribution in [0.15, 0.2) is 77.8 Å². The van der Waals surface area contributed by atoms with Gasteiger partial charge >= 0.3 is 0 Å². The third kappa shape index (κ3) is 5.86. The highest BCUT2D eigenvalue weighted by molar-refractivity contribution is 5.69. The summed E-state index contributed by atoms with van der Waals surface area (Å²) in [5, 5.41) is 9.49. The highest BCUT2D eigenvalue weighted by Crippen LogP contribution is 2.30. The molecule has 0 saturated carbocycles. The molecule has 152 valence electrons. The van der Waals surface area contributed by atoms with Crippen LogP contribution in [0.1, 0.15) is 11.1 Å². The lowest BCUT2D eigenvalue weighted by Crippen LogP contribution is -2.04. The first-order valence-electron chi connectivity index (χ1n) is 9.63. The van der Waals surface area contributed by atoms with Gasteiger partial charge < -0.3 is 14.2 Å². The van der Waals surface area contributed by atoms with Crippen LogP contribution in [0.5, 0.6) is 17.2 Å². The number of rotatable bonds is 9. The quantitative estimate of drug-likeness (QED) is 0.453. The van der Waals surface area contributed by atoms with Crippen LogP contribution >= 0.6 is 0 Å². The van der Waals surface area contributed by atoms with Gasteiger partial charge in [0.15, 0.2) is 11.5 Å². The molecule has 1 atom stereocenters. The van der Waals surface area contributed by atoms with E-state index in [9.17, 15) is 5.26 Å². The number of hydrogen-bond acceptors (Lipinski definition) is 5. The summed E-state index contributed by atoms with van der Waals surface area (Å²) in [6.45, 7) is 0.421. The summed E-state index contributed by atoms with van der Waals surface area (Å²) in [4.78, 5) is 4.40. The maximum atomic E-state index is 9.49. The summed E-state index contributed by atoms with van der Waals surface area (Å²) in [7, 11) is 3.25. The van der Waals surface area contributed by atoms with Gasteiger partial charge in [-0.2, -0.15) is 5.26 Å². The Bertz CT molecular complexity index is 1010. The second-order valence-electron chi connectivity index (χ2n) is 6.68. The number of nitrogens with zero attached hydrogens (tertiary/aromatic N) is 2. The molecule has 0 saturated heterocycles. The van der Waals surface area contributed by atoms with Gasteiger partial charge in [0.25, 0.3) is 0 Å². The molecule has 1 unspecified atom stereocenters. The lowest BCUT2D eigenvalue weighted by molar-refractivity contribution is 0.284. The molecule has 3 rings (SSSR count). The molecule has 0 aliphatic rings. The fourth-order valence-corrected chi connectivity index (χ4v) is 2.92. The maximum Gasteiger partial charge on any atom is 0.161 e. The number of nitriles is 1. The monoisotopic (exact) mass is 400 g/mol. The van der Waals surface area contributed by atoms with Gasteiger partial charge in [0.2, 0.25) is 0 Å². The molecule has 3 aromatic carbocycles. The van der Waals surface area contributed by atoms with Crippen molar-refractivity contribution in [2.24, 2.45) is 10.9 Å². The Kier molecular flexibility index (Phi) is 7.45. The van der Waals surface area contributed by atoms with Crippen LogP contribution in [0.3, 0.4) is 0 Å². The third-order valence-corrected chi connectivity index (χ3v) is 4.56. The van der Waals surface area contributed by atoms with E-state index in [2.05, 4.69) is 11.1 Å². The van der Waals surface area contributed by atoms with E-state index in [1.165, 1.54) is 0 Å². The van der Waals surface area contributed by atoms with Gasteiger partial charge in [0, 0.05) is 6.21 Å². The zero-order chi connectivity index (χ0) is 21.2. The lowest BCUT2D eigenvalue weighted by atomic mass is 10.0. The second-order valence-corrected chi connectivity index (χ2v) is 6.68. The molecule has 0 radical (unpaired) electrons. The molecule has 0 aliphatic carbocycles. The number of aliphatic imine (C=N–C) groups is 1. The number of hydrogen-bond donors (Lipinski definition) is 0. The molecule has 0 aliphatic heterocycles. The van der Waals surface area contributed by atoms with E-state index in [4.69, 9.17) is 14.2 Å². The Morgan fingerprint density at radius 2 is 1.63 bits per heavy atom. The summed E-state index contributed by atoms with van der Waals surface area (Å²) in [6.07, 6.45) is 2.23. The zero-order valence-electron chi connectivity index (χ0n) is 17.1. The van der Waals surface area contributed by atoms with Gasteiger partial charge in [-0.1, -0.05) is 36.4 Å². The minimum Gasteiger partial charge on any atom is -0.497 e. The van der Waals surface area contributed by atoms with Crippen molar-refractivity contribution < 1.29 is 14.2 Å². The third-order valence-electron chi connectivity index (χ3n) is 4.56. The average Bonchev–Trinajstić information content (AvgIpc) is 2.81. The van der Waals surface area contributed by atoms with Gasteiger partial charge in [0.1, 0.15) is 12.4 Å². The molecule has 0 heterocycles. The van der Waals surface area contributed by atoms with Crippen molar-refractivity contribution >= 4 is 11.9 Å². The van der Waals surface area contributed by atoms with E-state index in [0.717, 1.165) is 22.6 Å². The van der Waals surface area contributed by atoms with Crippen LogP contribution in [-0.2, 0) is 13.0 Å². The molecule has 0 amide bonds. The van der Waals surface area contributed by atoms with Gasteiger partial charge in [-0.3, -0.25) is 4.99 Å². The largest absolute Gasteiger partial charge is 0.497 e. The smallest absolute Gasteiger partial charge is 0.161 e. The molecular weight excluding hydrogens is 376 g/mol. The molecule has 0 spiro atoms. The molecule has 30 heavy (non-hydrogen) atoms. The maximum absolute atomic E-state index is 9.49. The van der Waals surface area contributed by atoms with Crippen molar-refractivity contribution in [1.82, 2.24) is 0 Å². The molecule has 0 N–H and O–H groups in total. The first-order valence-corrected chi connectivity index (χ1v) is 9.63. The lowest BCUT2D eigenvalue weighted by Gasteiger charge is -2.13. The van der Waals surface area contributed by atoms with E-state index in [1.807, 2.05) is 72.8 Å². The highest BCUT2D eigenvalue weighted by Gasteiger charge is 2.11. The number of methoxy groups -OCH3 is 2. The Labute approximate surface area is 177 Å². The molecule has 5 nitrogen and oxygen atoms in total. The number of para-hydroxylation sites is 1. The van der Waals surface area contributed by atoms with Crippen molar-refractivity contribution in [3.05, 3.63) is 83.9 Å². The predicted molar refractivity (Wildman–Crippen MR) is 118 cm³/mol. The van der Waals surface area contributed by atoms with E-state index < -0.39 is 0 Å². The number of ether oxygens (including phenoxy) is 3. The van der Waals surface area contributed by atoms with Gasteiger partial charge in [-0.15, -0.1) is 0 Å². The molecule has 0 aromatic heterocycles. The molecular formula is C25H24N2O3. The van der Waals surface area contributed by atoms with Crippen LogP contribution in [0.2, 0.25) is 0 Å². The summed E-state index contributed by atoms with van der Waals surface area (Å²) in [5.41, 5.74) is 2.84. The Morgan fingerprint density at radius 1 is 0.900 bits per heavy atom. The van der Waals surface area contributed by atoms with Crippen molar-refractivity contribution in [2.45, 2.75) is 13.0 Å². The van der Waals surface area contributed by atoms with Gasteiger partial charge in [-0.25, -0.2) is 0 Å². The standard InChI is InChI=1S/C25H24N2O3/c1-28-23-11-8-19(9-12-23)18-30-24-13-10-20(15-25(24)29-2)14-21(16-26)17-27-22-6-4-3-5-7-22/h3-13,15,17,21H,14,18H2,1-2H3. The molecule has 0 fully saturated rings. The van der Waals surface area contributed by atoms with E-state index in [-0.39, 0.29) is 5.92 Å². The fourth-order valence-electron chi connectivity index (χ4n) is 2.92. The number of benzene rings is 3. The fraction of sp³-hybridized carbons (Fsp3) is 0.200. The van der Waals surface area contributed by atoms with Crippen LogP contribution in [0.4, 0.5) is 5.69 Å². The Hall–Kier alpha value is -3.78. The Morgan fingerprint density at radius 3 is 2.30 bits per heavy atom. The van der Waals surface area contributed by atoms with Crippen molar-refractivity contribution in [2.75, 3.05) is 14.2 Å². The molecule has 5 heteroatoms. The summed E-state index contributed by atoms with van der Waals surface area (Å²) < 4.78 is 16.6. The first kappa shape index (κ1) is 20.9. The second kappa shape index (κ2) is 10.7. The van der Waals surface area contributed by atoms with Crippen LogP contribution in [0.25, 0.3) is 0 Å². The summed E-state index contributed by atoms with van der Waals surface area (Å²) in [6, 6.07) is 25.3. The predicted octanol–water partition coefficient (Wildman–Crippen LogP) is 5.37. The van der Waals surface area contributed by atoms with Crippen LogP contribution < -0.4 is 14.2 Å². The Balaban J connectivity index is 1.65. The van der Waals surface area contributed by atoms with E-state index in [0.29, 0.717) is 24.5 Å². The van der Waals surface area contributed by atoms with E-state index in [1.54, 1.807) is 20.4 Å². The van der Waals surface area contributed by atoms with Gasteiger partial charge in [-0.05, 0) is 53.9 Å². The normalized spacial score (nSPS) is 11.6. The minimum absolute atomic E-state index is 0.332. The zero-order valence-corrected chi connectivity index (χ0v) is 17.1. The van der Waals surface area contributed by atoms with Crippen LogP contribution in [-0.4, -0.2) is 20.4 Å². The summed E-state index contributed by atoms with van der Waals surface area (Å²) in [5.74, 6) is 1.77.